The first-order valence-electron chi connectivity index (χ1n) is 8.61. The van der Waals surface area contributed by atoms with Gasteiger partial charge in [0.25, 0.3) is 10.1 Å². The van der Waals surface area contributed by atoms with E-state index in [1.54, 1.807) is 24.3 Å². The van der Waals surface area contributed by atoms with E-state index in [0.717, 1.165) is 16.3 Å². The van der Waals surface area contributed by atoms with Gasteiger partial charge in [-0.05, 0) is 92.9 Å². The minimum atomic E-state index is -3.68. The van der Waals surface area contributed by atoms with Crippen LogP contribution in [0.2, 0.25) is 0 Å². The Morgan fingerprint density at radius 2 is 1.52 bits per heavy atom. The van der Waals surface area contributed by atoms with Gasteiger partial charge in [0.1, 0.15) is 0 Å². The smallest absolute Gasteiger partial charge is 0.263 e. The molecule has 0 radical (unpaired) electrons. The van der Waals surface area contributed by atoms with Crippen LogP contribution in [0.3, 0.4) is 0 Å². The maximum atomic E-state index is 12.6. The van der Waals surface area contributed by atoms with Gasteiger partial charge in [0.05, 0.1) is 11.0 Å². The monoisotopic (exact) mass is 398 g/mol. The molecule has 0 saturated heterocycles. The molecular formula is C18H23BrO3S. The van der Waals surface area contributed by atoms with Gasteiger partial charge >= 0.3 is 0 Å². The molecule has 0 heterocycles. The summed E-state index contributed by atoms with van der Waals surface area (Å²) in [6.45, 7) is 1.96. The van der Waals surface area contributed by atoms with Gasteiger partial charge in [-0.3, -0.25) is 4.18 Å². The van der Waals surface area contributed by atoms with Crippen LogP contribution in [0.1, 0.15) is 39.0 Å². The number of hydrogen-bond acceptors (Lipinski definition) is 3. The molecule has 1 atom stereocenters. The van der Waals surface area contributed by atoms with Crippen molar-refractivity contribution in [2.75, 3.05) is 0 Å². The van der Waals surface area contributed by atoms with Crippen molar-refractivity contribution in [3.63, 3.8) is 0 Å². The van der Waals surface area contributed by atoms with Gasteiger partial charge in [0.2, 0.25) is 0 Å². The second-order valence-corrected chi connectivity index (χ2v) is 10.2. The van der Waals surface area contributed by atoms with E-state index < -0.39 is 10.1 Å². The zero-order valence-electron chi connectivity index (χ0n) is 13.3. The van der Waals surface area contributed by atoms with Crippen LogP contribution in [0, 0.1) is 29.6 Å². The molecule has 4 fully saturated rings. The molecule has 126 valence electrons. The van der Waals surface area contributed by atoms with Crippen molar-refractivity contribution >= 4 is 26.0 Å². The maximum Gasteiger partial charge on any atom is 0.297 e. The van der Waals surface area contributed by atoms with E-state index in [0.29, 0.717) is 17.8 Å². The van der Waals surface area contributed by atoms with Crippen LogP contribution in [0.4, 0.5) is 0 Å². The summed E-state index contributed by atoms with van der Waals surface area (Å²) >= 11 is 3.33. The van der Waals surface area contributed by atoms with E-state index in [1.807, 2.05) is 6.92 Å². The van der Waals surface area contributed by atoms with Crippen LogP contribution in [-0.2, 0) is 14.3 Å². The fourth-order valence-electron chi connectivity index (χ4n) is 5.65. The lowest BCUT2D eigenvalue weighted by molar-refractivity contribution is -0.0757. The van der Waals surface area contributed by atoms with Gasteiger partial charge in [-0.25, -0.2) is 0 Å². The highest BCUT2D eigenvalue weighted by Gasteiger charge is 2.50. The van der Waals surface area contributed by atoms with Crippen molar-refractivity contribution in [3.8, 4) is 0 Å². The first kappa shape index (κ1) is 16.1. The molecule has 4 aliphatic rings. The van der Waals surface area contributed by atoms with Crippen LogP contribution in [0.5, 0.6) is 0 Å². The van der Waals surface area contributed by atoms with Gasteiger partial charge in [0, 0.05) is 4.47 Å². The first-order chi connectivity index (χ1) is 10.9. The van der Waals surface area contributed by atoms with Gasteiger partial charge in [-0.15, -0.1) is 0 Å². The number of halogens is 1. The molecule has 23 heavy (non-hydrogen) atoms. The quantitative estimate of drug-likeness (QED) is 0.695. The second kappa shape index (κ2) is 5.85. The van der Waals surface area contributed by atoms with Crippen molar-refractivity contribution in [3.05, 3.63) is 28.7 Å². The predicted molar refractivity (Wildman–Crippen MR) is 92.4 cm³/mol. The minimum absolute atomic E-state index is 0.223. The topological polar surface area (TPSA) is 43.4 Å². The van der Waals surface area contributed by atoms with E-state index in [9.17, 15) is 8.42 Å². The highest BCUT2D eigenvalue weighted by atomic mass is 79.9. The molecule has 0 N–H and O–H groups in total. The molecule has 1 aromatic rings. The predicted octanol–water partition coefficient (Wildman–Crippen LogP) is 4.62. The summed E-state index contributed by atoms with van der Waals surface area (Å²) < 4.78 is 31.6. The normalized spacial score (nSPS) is 37.0. The van der Waals surface area contributed by atoms with Gasteiger partial charge in [0.15, 0.2) is 0 Å². The van der Waals surface area contributed by atoms with E-state index in [2.05, 4.69) is 15.9 Å². The molecule has 4 saturated carbocycles. The molecule has 0 amide bonds. The van der Waals surface area contributed by atoms with E-state index >= 15 is 0 Å². The lowest BCUT2D eigenvalue weighted by Crippen LogP contribution is -2.49. The molecular weight excluding hydrogens is 376 g/mol. The Morgan fingerprint density at radius 1 is 1.00 bits per heavy atom. The van der Waals surface area contributed by atoms with Crippen LogP contribution in [0.25, 0.3) is 0 Å². The third-order valence-corrected chi connectivity index (χ3v) is 8.16. The summed E-state index contributed by atoms with van der Waals surface area (Å²) in [7, 11) is -3.68. The number of hydrogen-bond donors (Lipinski definition) is 0. The molecule has 4 aliphatic carbocycles. The molecule has 0 spiro atoms. The van der Waals surface area contributed by atoms with Gasteiger partial charge < -0.3 is 0 Å². The summed E-state index contributed by atoms with van der Waals surface area (Å²) in [5.74, 6) is 3.53. The largest absolute Gasteiger partial charge is 0.297 e. The molecule has 3 nitrogen and oxygen atoms in total. The Bertz CT molecular complexity index is 655. The van der Waals surface area contributed by atoms with E-state index in [4.69, 9.17) is 4.18 Å². The lowest BCUT2D eigenvalue weighted by atomic mass is 9.51. The summed E-state index contributed by atoms with van der Waals surface area (Å²) in [5, 5.41) is 0. The Morgan fingerprint density at radius 3 is 2.04 bits per heavy atom. The Hall–Kier alpha value is -0.390. The second-order valence-electron chi connectivity index (χ2n) is 7.72. The van der Waals surface area contributed by atoms with Crippen LogP contribution in [-0.4, -0.2) is 14.5 Å². The lowest BCUT2D eigenvalue weighted by Gasteiger charge is -2.55. The molecule has 1 unspecified atom stereocenters. The summed E-state index contributed by atoms with van der Waals surface area (Å²) in [5.41, 5.74) is 0. The van der Waals surface area contributed by atoms with E-state index in [1.165, 1.54) is 32.1 Å². The fraction of sp³-hybridized carbons (Fsp3) is 0.667. The van der Waals surface area contributed by atoms with Crippen molar-refractivity contribution in [1.29, 1.82) is 0 Å². The average molecular weight is 399 g/mol. The van der Waals surface area contributed by atoms with Gasteiger partial charge in [-0.1, -0.05) is 15.9 Å². The molecule has 4 bridgehead atoms. The van der Waals surface area contributed by atoms with Crippen LogP contribution < -0.4 is 0 Å². The minimum Gasteiger partial charge on any atom is -0.263 e. The summed E-state index contributed by atoms with van der Waals surface area (Å²) in [6.07, 6.45) is 6.31. The Kier molecular flexibility index (Phi) is 4.10. The van der Waals surface area contributed by atoms with E-state index in [-0.39, 0.29) is 11.0 Å². The Balaban J connectivity index is 1.51. The fourth-order valence-corrected chi connectivity index (χ4v) is 7.03. The number of benzene rings is 1. The molecule has 0 aromatic heterocycles. The van der Waals surface area contributed by atoms with Crippen molar-refractivity contribution in [2.24, 2.45) is 29.6 Å². The zero-order chi connectivity index (χ0) is 16.2. The standard InChI is InChI=1S/C18H23BrO3S/c1-11(22-23(20,21)17-4-2-16(19)3-5-17)18-14-7-12-6-13(9-14)10-15(18)8-12/h2-5,11-15,18H,6-10H2,1H3. The SMILES string of the molecule is CC(OS(=O)(=O)c1ccc(Br)cc1)C1C2CC3CC(C2)CC1C3. The van der Waals surface area contributed by atoms with Crippen molar-refractivity contribution in [1.82, 2.24) is 0 Å². The summed E-state index contributed by atoms with van der Waals surface area (Å²) in [6, 6.07) is 6.68. The summed E-state index contributed by atoms with van der Waals surface area (Å²) in [4.78, 5) is 0.247. The average Bonchev–Trinajstić information content (AvgIpc) is 2.45. The molecule has 5 heteroatoms. The zero-order valence-corrected chi connectivity index (χ0v) is 15.7. The van der Waals surface area contributed by atoms with Crippen LogP contribution >= 0.6 is 15.9 Å². The molecule has 0 aliphatic heterocycles. The van der Waals surface area contributed by atoms with Gasteiger partial charge in [-0.2, -0.15) is 8.42 Å². The number of rotatable bonds is 4. The van der Waals surface area contributed by atoms with Crippen molar-refractivity contribution < 1.29 is 12.6 Å². The van der Waals surface area contributed by atoms with Crippen molar-refractivity contribution in [2.45, 2.75) is 50.0 Å². The molecule has 1 aromatic carbocycles. The highest BCUT2D eigenvalue weighted by Crippen LogP contribution is 2.57. The third-order valence-electron chi connectivity index (χ3n) is 6.22. The Labute approximate surface area is 147 Å². The first-order valence-corrected chi connectivity index (χ1v) is 10.8. The maximum absolute atomic E-state index is 12.6. The van der Waals surface area contributed by atoms with Crippen LogP contribution in [0.15, 0.2) is 33.6 Å². The molecule has 5 rings (SSSR count). The third kappa shape index (κ3) is 3.00. The highest BCUT2D eigenvalue weighted by molar-refractivity contribution is 9.10.